The van der Waals surface area contributed by atoms with Crippen LogP contribution in [0.3, 0.4) is 0 Å². The first-order valence-electron chi connectivity index (χ1n) is 4.23. The van der Waals surface area contributed by atoms with Gasteiger partial charge < -0.3 is 0 Å². The number of nitro groups is 1. The summed E-state index contributed by atoms with van der Waals surface area (Å²) in [6.07, 6.45) is 3.91. The Morgan fingerprint density at radius 2 is 2.21 bits per heavy atom. The van der Waals surface area contributed by atoms with Crippen LogP contribution in [0, 0.1) is 10.1 Å². The molecule has 0 aromatic heterocycles. The number of rotatable bonds is 4. The van der Waals surface area contributed by atoms with Crippen molar-refractivity contribution in [3.63, 3.8) is 0 Å². The highest BCUT2D eigenvalue weighted by Crippen LogP contribution is 2.28. The second-order valence-corrected chi connectivity index (χ2v) is 3.67. The highest BCUT2D eigenvalue weighted by molar-refractivity contribution is 7.99. The molecule has 14 heavy (non-hydrogen) atoms. The van der Waals surface area contributed by atoms with Crippen molar-refractivity contribution in [3.05, 3.63) is 46.5 Å². The van der Waals surface area contributed by atoms with Gasteiger partial charge in [-0.3, -0.25) is 10.1 Å². The molecule has 0 N–H and O–H groups in total. The van der Waals surface area contributed by atoms with Crippen molar-refractivity contribution in [2.45, 2.75) is 11.8 Å². The van der Waals surface area contributed by atoms with Crippen LogP contribution >= 0.6 is 11.8 Å². The molecule has 0 saturated carbocycles. The summed E-state index contributed by atoms with van der Waals surface area (Å²) >= 11 is 1.47. The molecule has 0 radical (unpaired) electrons. The lowest BCUT2D eigenvalue weighted by molar-refractivity contribution is -0.387. The summed E-state index contributed by atoms with van der Waals surface area (Å²) in [6.45, 7) is 1.93. The zero-order chi connectivity index (χ0) is 10.4. The third-order valence-electron chi connectivity index (χ3n) is 1.63. The largest absolute Gasteiger partial charge is 0.282 e. The molecule has 0 aliphatic carbocycles. The van der Waals surface area contributed by atoms with E-state index in [1.807, 2.05) is 25.1 Å². The zero-order valence-electron chi connectivity index (χ0n) is 7.84. The lowest BCUT2D eigenvalue weighted by Gasteiger charge is -1.99. The Bertz CT molecular complexity index is 350. The maximum Gasteiger partial charge on any atom is 0.282 e. The molecule has 1 aromatic rings. The first kappa shape index (κ1) is 10.8. The molecule has 0 fully saturated rings. The van der Waals surface area contributed by atoms with E-state index in [4.69, 9.17) is 0 Å². The number of nitrogens with zero attached hydrogens (tertiary/aromatic N) is 1. The number of nitro benzene ring substituents is 1. The number of hydrogen-bond acceptors (Lipinski definition) is 3. The fourth-order valence-electron chi connectivity index (χ4n) is 0.964. The van der Waals surface area contributed by atoms with Crippen molar-refractivity contribution < 1.29 is 4.92 Å². The smallest absolute Gasteiger partial charge is 0.258 e. The predicted octanol–water partition coefficient (Wildman–Crippen LogP) is 3.26. The van der Waals surface area contributed by atoms with Crippen molar-refractivity contribution in [2.75, 3.05) is 5.75 Å². The van der Waals surface area contributed by atoms with Crippen LogP contribution in [0.2, 0.25) is 0 Å². The van der Waals surface area contributed by atoms with Crippen LogP contribution in [0.1, 0.15) is 6.92 Å². The third-order valence-corrected chi connectivity index (χ3v) is 2.65. The molecule has 0 amide bonds. The number of thioether (sulfide) groups is 1. The molecule has 1 rings (SSSR count). The zero-order valence-corrected chi connectivity index (χ0v) is 8.66. The fraction of sp³-hybridized carbons (Fsp3) is 0.200. The lowest BCUT2D eigenvalue weighted by Crippen LogP contribution is -1.90. The topological polar surface area (TPSA) is 43.1 Å². The van der Waals surface area contributed by atoms with Crippen LogP contribution in [0.5, 0.6) is 0 Å². The average Bonchev–Trinajstić information content (AvgIpc) is 2.19. The van der Waals surface area contributed by atoms with Crippen molar-refractivity contribution in [1.29, 1.82) is 0 Å². The van der Waals surface area contributed by atoms with E-state index in [2.05, 4.69) is 0 Å². The van der Waals surface area contributed by atoms with Crippen molar-refractivity contribution in [2.24, 2.45) is 0 Å². The Morgan fingerprint density at radius 3 is 2.86 bits per heavy atom. The Hall–Kier alpha value is -1.29. The van der Waals surface area contributed by atoms with Crippen LogP contribution in [0.15, 0.2) is 41.3 Å². The van der Waals surface area contributed by atoms with Crippen LogP contribution in [0.25, 0.3) is 0 Å². The second kappa shape index (κ2) is 5.44. The number of hydrogen-bond donors (Lipinski definition) is 0. The molecule has 74 valence electrons. The predicted molar refractivity (Wildman–Crippen MR) is 58.6 cm³/mol. The molecular formula is C10H11NO2S. The molecule has 0 unspecified atom stereocenters. The highest BCUT2D eigenvalue weighted by Gasteiger charge is 2.11. The maximum absolute atomic E-state index is 10.6. The van der Waals surface area contributed by atoms with E-state index in [0.29, 0.717) is 0 Å². The lowest BCUT2D eigenvalue weighted by atomic mass is 10.3. The molecule has 0 spiro atoms. The van der Waals surface area contributed by atoms with E-state index in [9.17, 15) is 10.1 Å². The molecule has 0 saturated heterocycles. The number of allylic oxidation sites excluding steroid dienone is 1. The van der Waals surface area contributed by atoms with Gasteiger partial charge >= 0.3 is 0 Å². The van der Waals surface area contributed by atoms with Crippen LogP contribution in [0.4, 0.5) is 5.69 Å². The van der Waals surface area contributed by atoms with Gasteiger partial charge in [0.15, 0.2) is 0 Å². The van der Waals surface area contributed by atoms with Crippen molar-refractivity contribution >= 4 is 17.4 Å². The van der Waals surface area contributed by atoms with Crippen molar-refractivity contribution in [3.8, 4) is 0 Å². The molecule has 4 heteroatoms. The quantitative estimate of drug-likeness (QED) is 0.331. The minimum atomic E-state index is -0.349. The molecule has 1 aromatic carbocycles. The van der Waals surface area contributed by atoms with Gasteiger partial charge in [0.05, 0.1) is 9.82 Å². The number of para-hydroxylation sites is 1. The fourth-order valence-corrected chi connectivity index (χ4v) is 1.90. The number of benzene rings is 1. The van der Waals surface area contributed by atoms with Crippen LogP contribution in [-0.2, 0) is 0 Å². The van der Waals surface area contributed by atoms with E-state index in [0.717, 1.165) is 10.6 Å². The van der Waals surface area contributed by atoms with Gasteiger partial charge in [0, 0.05) is 11.8 Å². The standard InChI is InChI=1S/C10H11NO2S/c1-2-3-8-14-10-7-5-4-6-9(10)11(12)13/h2-7H,8H2,1H3/b3-2+. The van der Waals surface area contributed by atoms with Gasteiger partial charge in [-0.15, -0.1) is 11.8 Å². The van der Waals surface area contributed by atoms with Crippen molar-refractivity contribution in [1.82, 2.24) is 0 Å². The summed E-state index contributed by atoms with van der Waals surface area (Å²) in [4.78, 5) is 11.0. The average molecular weight is 209 g/mol. The maximum atomic E-state index is 10.6. The van der Waals surface area contributed by atoms with Gasteiger partial charge in [-0.2, -0.15) is 0 Å². The van der Waals surface area contributed by atoms with Gasteiger partial charge in [0.25, 0.3) is 5.69 Å². The Kier molecular flexibility index (Phi) is 4.19. The first-order valence-corrected chi connectivity index (χ1v) is 5.21. The summed E-state index contributed by atoms with van der Waals surface area (Å²) in [5, 5.41) is 10.6. The SMILES string of the molecule is C/C=C/CSc1ccccc1[N+](=O)[O-]. The van der Waals surface area contributed by atoms with Gasteiger partial charge in [-0.1, -0.05) is 24.3 Å². The first-order chi connectivity index (χ1) is 6.75. The molecule has 0 bridgehead atoms. The van der Waals surface area contributed by atoms with Gasteiger partial charge in [-0.25, -0.2) is 0 Å². The van der Waals surface area contributed by atoms with Gasteiger partial charge in [-0.05, 0) is 13.0 Å². The molecule has 0 aliphatic heterocycles. The van der Waals surface area contributed by atoms with E-state index in [1.165, 1.54) is 17.8 Å². The Morgan fingerprint density at radius 1 is 1.50 bits per heavy atom. The summed E-state index contributed by atoms with van der Waals surface area (Å²) in [5.74, 6) is 0.765. The van der Waals surface area contributed by atoms with E-state index >= 15 is 0 Å². The normalized spacial score (nSPS) is 10.6. The Balaban J connectivity index is 2.79. The van der Waals surface area contributed by atoms with Gasteiger partial charge in [0.2, 0.25) is 0 Å². The highest BCUT2D eigenvalue weighted by atomic mass is 32.2. The molecule has 0 aliphatic rings. The van der Waals surface area contributed by atoms with E-state index in [1.54, 1.807) is 12.1 Å². The minimum absolute atomic E-state index is 0.182. The summed E-state index contributed by atoms with van der Waals surface area (Å²) in [5.41, 5.74) is 0.182. The monoisotopic (exact) mass is 209 g/mol. The van der Waals surface area contributed by atoms with E-state index in [-0.39, 0.29) is 10.6 Å². The molecular weight excluding hydrogens is 198 g/mol. The van der Waals surface area contributed by atoms with Gasteiger partial charge in [0.1, 0.15) is 0 Å². The van der Waals surface area contributed by atoms with Crippen LogP contribution < -0.4 is 0 Å². The third kappa shape index (κ3) is 2.88. The van der Waals surface area contributed by atoms with Crippen LogP contribution in [-0.4, -0.2) is 10.7 Å². The van der Waals surface area contributed by atoms with E-state index < -0.39 is 0 Å². The second-order valence-electron chi connectivity index (χ2n) is 2.60. The Labute approximate surface area is 87.0 Å². The summed E-state index contributed by atoms with van der Waals surface area (Å²) in [6, 6.07) is 6.78. The summed E-state index contributed by atoms with van der Waals surface area (Å²) in [7, 11) is 0. The molecule has 3 nitrogen and oxygen atoms in total. The summed E-state index contributed by atoms with van der Waals surface area (Å²) < 4.78 is 0. The molecule has 0 heterocycles. The molecule has 0 atom stereocenters. The minimum Gasteiger partial charge on any atom is -0.258 e.